The van der Waals surface area contributed by atoms with E-state index in [4.69, 9.17) is 0 Å². The predicted octanol–water partition coefficient (Wildman–Crippen LogP) is -0.667. The molecule has 0 spiro atoms. The van der Waals surface area contributed by atoms with E-state index in [0.717, 1.165) is 0 Å². The molecule has 9 heteroatoms. The molecule has 2 heterocycles. The smallest absolute Gasteiger partial charge is 0.263 e. The van der Waals surface area contributed by atoms with Gasteiger partial charge >= 0.3 is 0 Å². The maximum Gasteiger partial charge on any atom is 0.263 e. The number of hydrogen-bond acceptors (Lipinski definition) is 5. The summed E-state index contributed by atoms with van der Waals surface area (Å²) in [5.74, 6) is 0. The van der Waals surface area contributed by atoms with Crippen molar-refractivity contribution in [1.29, 1.82) is 0 Å². The summed E-state index contributed by atoms with van der Waals surface area (Å²) in [6, 6.07) is 0. The van der Waals surface area contributed by atoms with Crippen LogP contribution in [0, 0.1) is 0 Å². The molecule has 0 aromatic carbocycles. The van der Waals surface area contributed by atoms with E-state index in [9.17, 15) is 13.5 Å². The van der Waals surface area contributed by atoms with E-state index in [2.05, 4.69) is 26.2 Å². The number of aromatic nitrogens is 3. The lowest BCUT2D eigenvalue weighted by atomic mass is 10.0. The Morgan fingerprint density at radius 2 is 2.06 bits per heavy atom. The predicted molar refractivity (Wildman–Crippen MR) is 58.1 cm³/mol. The van der Waals surface area contributed by atoms with E-state index in [0.29, 0.717) is 0 Å². The third kappa shape index (κ3) is 1.77. The minimum absolute atomic E-state index is 0.00278. The molecule has 1 aliphatic heterocycles. The zero-order chi connectivity index (χ0) is 12.1. The molecular formula is C7H11BrN4O3S. The van der Waals surface area contributed by atoms with Crippen LogP contribution in [0.5, 0.6) is 0 Å². The SMILES string of the molecule is Cn1nnc(Br)c1S(=O)(=O)N1CC(C)(O)C1. The second kappa shape index (κ2) is 3.49. The van der Waals surface area contributed by atoms with Crippen molar-refractivity contribution in [1.82, 2.24) is 19.3 Å². The highest BCUT2D eigenvalue weighted by atomic mass is 79.9. The fraction of sp³-hybridized carbons (Fsp3) is 0.714. The molecule has 0 saturated carbocycles. The maximum absolute atomic E-state index is 12.1. The first-order valence-electron chi connectivity index (χ1n) is 4.52. The Labute approximate surface area is 101 Å². The van der Waals surface area contributed by atoms with Gasteiger partial charge in [0, 0.05) is 20.1 Å². The van der Waals surface area contributed by atoms with Gasteiger partial charge in [0.25, 0.3) is 10.0 Å². The number of halogens is 1. The van der Waals surface area contributed by atoms with Crippen molar-refractivity contribution in [3.05, 3.63) is 4.60 Å². The highest BCUT2D eigenvalue weighted by Crippen LogP contribution is 2.29. The summed E-state index contributed by atoms with van der Waals surface area (Å²) in [5.41, 5.74) is -0.939. The fourth-order valence-electron chi connectivity index (χ4n) is 1.60. The first-order valence-corrected chi connectivity index (χ1v) is 6.75. The van der Waals surface area contributed by atoms with Gasteiger partial charge < -0.3 is 5.11 Å². The lowest BCUT2D eigenvalue weighted by molar-refractivity contribution is -0.0428. The molecule has 0 aliphatic carbocycles. The minimum Gasteiger partial charge on any atom is -0.387 e. The van der Waals surface area contributed by atoms with Crippen LogP contribution in [0.25, 0.3) is 0 Å². The lowest BCUT2D eigenvalue weighted by Gasteiger charge is -2.42. The van der Waals surface area contributed by atoms with E-state index in [1.807, 2.05) is 0 Å². The summed E-state index contributed by atoms with van der Waals surface area (Å²) in [6.07, 6.45) is 0. The highest BCUT2D eigenvalue weighted by Gasteiger charge is 2.45. The van der Waals surface area contributed by atoms with E-state index in [1.165, 1.54) is 16.0 Å². The van der Waals surface area contributed by atoms with E-state index < -0.39 is 15.6 Å². The van der Waals surface area contributed by atoms with E-state index >= 15 is 0 Å². The Morgan fingerprint density at radius 1 is 1.50 bits per heavy atom. The average molecular weight is 311 g/mol. The van der Waals surface area contributed by atoms with Crippen LogP contribution in [-0.2, 0) is 17.1 Å². The monoisotopic (exact) mass is 310 g/mol. The zero-order valence-electron chi connectivity index (χ0n) is 8.75. The number of nitrogens with zero attached hydrogens (tertiary/aromatic N) is 4. The summed E-state index contributed by atoms with van der Waals surface area (Å²) in [6.45, 7) is 1.77. The maximum atomic E-state index is 12.1. The van der Waals surface area contributed by atoms with Gasteiger partial charge in [-0.25, -0.2) is 13.1 Å². The summed E-state index contributed by atoms with van der Waals surface area (Å²) in [4.78, 5) is 0. The molecule has 1 saturated heterocycles. The lowest BCUT2D eigenvalue weighted by Crippen LogP contribution is -2.61. The van der Waals surface area contributed by atoms with Crippen LogP contribution >= 0.6 is 15.9 Å². The van der Waals surface area contributed by atoms with Gasteiger partial charge in [0.2, 0.25) is 5.03 Å². The first-order chi connectivity index (χ1) is 7.24. The van der Waals surface area contributed by atoms with E-state index in [-0.39, 0.29) is 22.7 Å². The van der Waals surface area contributed by atoms with Crippen LogP contribution in [0.15, 0.2) is 9.63 Å². The molecule has 1 aliphatic rings. The molecule has 7 nitrogen and oxygen atoms in total. The Hall–Kier alpha value is -0.510. The topological polar surface area (TPSA) is 88.3 Å². The number of aryl methyl sites for hydroxylation is 1. The van der Waals surface area contributed by atoms with Gasteiger partial charge in [-0.15, -0.1) is 5.10 Å². The Morgan fingerprint density at radius 3 is 2.44 bits per heavy atom. The number of hydrogen-bond donors (Lipinski definition) is 1. The normalized spacial score (nSPS) is 20.8. The first kappa shape index (κ1) is 12.0. The second-order valence-corrected chi connectivity index (χ2v) is 6.68. The Balaban J connectivity index is 2.35. The molecule has 2 rings (SSSR count). The van der Waals surface area contributed by atoms with Crippen molar-refractivity contribution >= 4 is 26.0 Å². The van der Waals surface area contributed by atoms with Crippen LogP contribution in [0.2, 0.25) is 0 Å². The molecule has 1 aromatic rings. The molecule has 1 aromatic heterocycles. The van der Waals surface area contributed by atoms with Crippen molar-refractivity contribution < 1.29 is 13.5 Å². The van der Waals surface area contributed by atoms with Crippen LogP contribution in [0.1, 0.15) is 6.92 Å². The average Bonchev–Trinajstić information content (AvgIpc) is 2.42. The number of sulfonamides is 1. The van der Waals surface area contributed by atoms with Crippen LogP contribution < -0.4 is 0 Å². The van der Waals surface area contributed by atoms with Crippen LogP contribution in [0.4, 0.5) is 0 Å². The van der Waals surface area contributed by atoms with Crippen molar-refractivity contribution in [3.63, 3.8) is 0 Å². The standard InChI is InChI=1S/C7H11BrN4O3S/c1-7(13)3-12(4-7)16(14,15)6-5(8)9-10-11(6)2/h13H,3-4H2,1-2H3. The van der Waals surface area contributed by atoms with Crippen molar-refractivity contribution in [2.24, 2.45) is 7.05 Å². The van der Waals surface area contributed by atoms with Crippen molar-refractivity contribution in [3.8, 4) is 0 Å². The highest BCUT2D eigenvalue weighted by molar-refractivity contribution is 9.10. The third-order valence-electron chi connectivity index (χ3n) is 2.36. The molecule has 0 amide bonds. The van der Waals surface area contributed by atoms with Gasteiger partial charge in [-0.3, -0.25) is 0 Å². The quantitative estimate of drug-likeness (QED) is 0.783. The third-order valence-corrected chi connectivity index (χ3v) is 5.04. The van der Waals surface area contributed by atoms with Gasteiger partial charge in [-0.05, 0) is 22.9 Å². The fourth-order valence-corrected chi connectivity index (χ4v) is 4.31. The van der Waals surface area contributed by atoms with Gasteiger partial charge in [-0.1, -0.05) is 5.21 Å². The molecule has 16 heavy (non-hydrogen) atoms. The van der Waals surface area contributed by atoms with Crippen LogP contribution in [0.3, 0.4) is 0 Å². The van der Waals surface area contributed by atoms with Crippen molar-refractivity contribution in [2.75, 3.05) is 13.1 Å². The Kier molecular flexibility index (Phi) is 2.61. The van der Waals surface area contributed by atoms with Gasteiger partial charge in [0.05, 0.1) is 5.60 Å². The molecule has 0 unspecified atom stereocenters. The largest absolute Gasteiger partial charge is 0.387 e. The van der Waals surface area contributed by atoms with E-state index in [1.54, 1.807) is 6.92 Å². The summed E-state index contributed by atoms with van der Waals surface area (Å²) in [5, 5.41) is 16.8. The number of β-amino-alcohol motifs (C(OH)–C–C–N with tert-alkyl or cyclic N) is 1. The molecule has 1 N–H and O–H groups in total. The number of rotatable bonds is 2. The second-order valence-electron chi connectivity index (χ2n) is 4.08. The van der Waals surface area contributed by atoms with Gasteiger partial charge in [-0.2, -0.15) is 4.31 Å². The summed E-state index contributed by atoms with van der Waals surface area (Å²) < 4.78 is 26.7. The molecule has 90 valence electrons. The summed E-state index contributed by atoms with van der Waals surface area (Å²) in [7, 11) is -2.12. The molecular weight excluding hydrogens is 300 g/mol. The molecule has 0 radical (unpaired) electrons. The van der Waals surface area contributed by atoms with Crippen molar-refractivity contribution in [2.45, 2.75) is 17.6 Å². The molecule has 0 atom stereocenters. The Bertz CT molecular complexity index is 496. The van der Waals surface area contributed by atoms with Crippen LogP contribution in [-0.4, -0.2) is 51.5 Å². The zero-order valence-corrected chi connectivity index (χ0v) is 11.2. The summed E-state index contributed by atoms with van der Waals surface area (Å²) >= 11 is 3.04. The molecule has 1 fully saturated rings. The number of aliphatic hydroxyl groups is 1. The minimum atomic E-state index is -3.63. The van der Waals surface area contributed by atoms with Gasteiger partial charge in [0.15, 0.2) is 4.60 Å². The van der Waals surface area contributed by atoms with Gasteiger partial charge in [0.1, 0.15) is 0 Å². The molecule has 0 bridgehead atoms.